The highest BCUT2D eigenvalue weighted by atomic mass is 16.6. The molecule has 13 nitrogen and oxygen atoms in total. The third-order valence-electron chi connectivity index (χ3n) is 7.67. The third-order valence-corrected chi connectivity index (χ3v) is 7.67. The van der Waals surface area contributed by atoms with Crippen molar-refractivity contribution in [2.45, 2.75) is 97.0 Å². The number of carbonyl (C=O) groups is 6. The summed E-state index contributed by atoms with van der Waals surface area (Å²) in [4.78, 5) is 74.5. The molecule has 0 bridgehead atoms. The van der Waals surface area contributed by atoms with Crippen molar-refractivity contribution >= 4 is 35.6 Å². The van der Waals surface area contributed by atoms with Gasteiger partial charge in [0.1, 0.15) is 18.7 Å². The normalized spacial score (nSPS) is 16.0. The van der Waals surface area contributed by atoms with E-state index in [1.807, 2.05) is 0 Å². The molecular weight excluding hydrogens is 556 g/mol. The van der Waals surface area contributed by atoms with Crippen LogP contribution in [-0.2, 0) is 28.7 Å². The quantitative estimate of drug-likeness (QED) is 0.121. The molecule has 0 radical (unpaired) electrons. The first-order valence-corrected chi connectivity index (χ1v) is 15.6. The SMILES string of the molecule is CC(C)(C)OC(=O)NCCC(=O)N(CC(=O)NCCCCC(C(N)=O)C1CC1)CC(=O)NCCCCC(C(N)=O)C1CC1. The molecule has 0 aromatic carbocycles. The number of rotatable bonds is 21. The van der Waals surface area contributed by atoms with Crippen molar-refractivity contribution in [3.8, 4) is 0 Å². The number of ether oxygens (including phenoxy) is 1. The molecule has 43 heavy (non-hydrogen) atoms. The minimum Gasteiger partial charge on any atom is -0.444 e. The maximum Gasteiger partial charge on any atom is 0.407 e. The largest absolute Gasteiger partial charge is 0.444 e. The summed E-state index contributed by atoms with van der Waals surface area (Å²) in [7, 11) is 0. The minimum atomic E-state index is -0.687. The maximum atomic E-state index is 12.9. The van der Waals surface area contributed by atoms with Crippen molar-refractivity contribution in [3.63, 3.8) is 0 Å². The van der Waals surface area contributed by atoms with E-state index < -0.39 is 29.4 Å². The van der Waals surface area contributed by atoms with E-state index in [2.05, 4.69) is 16.0 Å². The lowest BCUT2D eigenvalue weighted by Crippen LogP contribution is -2.46. The molecule has 2 fully saturated rings. The molecule has 2 aliphatic rings. The number of alkyl carbamates (subject to hydrolysis) is 1. The molecule has 2 saturated carbocycles. The molecule has 2 unspecified atom stereocenters. The molecule has 0 saturated heterocycles. The zero-order valence-electron chi connectivity index (χ0n) is 26.1. The molecule has 7 N–H and O–H groups in total. The van der Waals surface area contributed by atoms with Gasteiger partial charge >= 0.3 is 6.09 Å². The van der Waals surface area contributed by atoms with Crippen molar-refractivity contribution in [3.05, 3.63) is 0 Å². The number of primary amides is 2. The van der Waals surface area contributed by atoms with Crippen LogP contribution in [0.1, 0.15) is 91.4 Å². The van der Waals surface area contributed by atoms with Crippen molar-refractivity contribution in [2.75, 3.05) is 32.7 Å². The Kier molecular flexibility index (Phi) is 14.7. The van der Waals surface area contributed by atoms with Gasteiger partial charge in [0.05, 0.1) is 0 Å². The van der Waals surface area contributed by atoms with Gasteiger partial charge in [0.15, 0.2) is 0 Å². The van der Waals surface area contributed by atoms with Crippen molar-refractivity contribution < 1.29 is 33.5 Å². The Hall–Kier alpha value is -3.38. The molecule has 244 valence electrons. The molecular formula is C30H52N6O7. The third kappa shape index (κ3) is 15.6. The number of unbranched alkanes of at least 4 members (excludes halogenated alkanes) is 2. The van der Waals surface area contributed by atoms with E-state index >= 15 is 0 Å². The second-order valence-corrected chi connectivity index (χ2v) is 12.8. The summed E-state index contributed by atoms with van der Waals surface area (Å²) in [5.41, 5.74) is 10.3. The molecule has 0 spiro atoms. The Morgan fingerprint density at radius 2 is 1.16 bits per heavy atom. The molecule has 0 heterocycles. The van der Waals surface area contributed by atoms with Gasteiger partial charge in [-0.2, -0.15) is 0 Å². The van der Waals surface area contributed by atoms with E-state index in [1.54, 1.807) is 20.8 Å². The number of carbonyl (C=O) groups excluding carboxylic acids is 6. The van der Waals surface area contributed by atoms with Gasteiger partial charge in [0, 0.05) is 37.9 Å². The Labute approximate surface area is 254 Å². The van der Waals surface area contributed by atoms with Crippen LogP contribution in [0.4, 0.5) is 4.79 Å². The van der Waals surface area contributed by atoms with Crippen molar-refractivity contribution in [2.24, 2.45) is 35.1 Å². The number of nitrogens with zero attached hydrogens (tertiary/aromatic N) is 1. The predicted octanol–water partition coefficient (Wildman–Crippen LogP) is 1.33. The van der Waals surface area contributed by atoms with Gasteiger partial charge in [-0.25, -0.2) is 4.79 Å². The molecule has 2 rings (SSSR count). The van der Waals surface area contributed by atoms with E-state index in [1.165, 1.54) is 0 Å². The first-order valence-electron chi connectivity index (χ1n) is 15.6. The lowest BCUT2D eigenvalue weighted by atomic mass is 9.96. The fourth-order valence-corrected chi connectivity index (χ4v) is 5.09. The molecule has 2 aliphatic carbocycles. The topological polar surface area (TPSA) is 203 Å². The lowest BCUT2D eigenvalue weighted by molar-refractivity contribution is -0.139. The van der Waals surface area contributed by atoms with Crippen LogP contribution in [0, 0.1) is 23.7 Å². The molecule has 0 aliphatic heterocycles. The standard InChI is InChI=1S/C30H52N6O7/c1-30(2,3)43-29(42)35-17-14-26(39)36(18-24(37)33-15-6-4-8-22(27(31)40)20-10-11-20)19-25(38)34-16-7-5-9-23(28(32)41)21-12-13-21/h20-23H,4-19H2,1-3H3,(H2,31,40)(H2,32,41)(H,33,37)(H,34,38)(H,35,42). The summed E-state index contributed by atoms with van der Waals surface area (Å²) in [5, 5.41) is 8.06. The van der Waals surface area contributed by atoms with Gasteiger partial charge in [-0.15, -0.1) is 0 Å². The van der Waals surface area contributed by atoms with Gasteiger partial charge in [-0.05, 0) is 84.0 Å². The van der Waals surface area contributed by atoms with Crippen LogP contribution in [0.5, 0.6) is 0 Å². The lowest BCUT2D eigenvalue weighted by Gasteiger charge is -2.23. The average molecular weight is 609 g/mol. The monoisotopic (exact) mass is 608 g/mol. The minimum absolute atomic E-state index is 0.0163. The van der Waals surface area contributed by atoms with Crippen LogP contribution in [0.3, 0.4) is 0 Å². The predicted molar refractivity (Wildman–Crippen MR) is 160 cm³/mol. The van der Waals surface area contributed by atoms with E-state index in [0.717, 1.165) is 43.4 Å². The van der Waals surface area contributed by atoms with E-state index in [0.29, 0.717) is 50.6 Å². The summed E-state index contributed by atoms with van der Waals surface area (Å²) < 4.78 is 5.17. The second kappa shape index (κ2) is 17.7. The Morgan fingerprint density at radius 1 is 0.721 bits per heavy atom. The first kappa shape index (κ1) is 35.8. The van der Waals surface area contributed by atoms with E-state index in [-0.39, 0.29) is 49.7 Å². The van der Waals surface area contributed by atoms with Gasteiger partial charge in [0.2, 0.25) is 29.5 Å². The average Bonchev–Trinajstić information content (AvgIpc) is 3.81. The van der Waals surface area contributed by atoms with E-state index in [4.69, 9.17) is 16.2 Å². The van der Waals surface area contributed by atoms with Gasteiger partial charge in [-0.1, -0.05) is 12.8 Å². The van der Waals surface area contributed by atoms with Crippen LogP contribution in [-0.4, -0.2) is 78.9 Å². The molecule has 0 aromatic heterocycles. The summed E-state index contributed by atoms with van der Waals surface area (Å²) in [5.74, 6) is -1.28. The van der Waals surface area contributed by atoms with Gasteiger partial charge in [-0.3, -0.25) is 24.0 Å². The highest BCUT2D eigenvalue weighted by molar-refractivity contribution is 5.89. The molecule has 6 amide bonds. The maximum absolute atomic E-state index is 12.9. The number of hydrogen-bond donors (Lipinski definition) is 5. The summed E-state index contributed by atoms with van der Waals surface area (Å²) >= 11 is 0. The molecule has 13 heteroatoms. The fraction of sp³-hybridized carbons (Fsp3) is 0.800. The smallest absolute Gasteiger partial charge is 0.407 e. The van der Waals surface area contributed by atoms with Crippen LogP contribution in [0.25, 0.3) is 0 Å². The Morgan fingerprint density at radius 3 is 1.53 bits per heavy atom. The first-order chi connectivity index (χ1) is 20.3. The van der Waals surface area contributed by atoms with Crippen LogP contribution < -0.4 is 27.4 Å². The Balaban J connectivity index is 1.78. The fourth-order valence-electron chi connectivity index (χ4n) is 5.09. The number of nitrogens with one attached hydrogen (secondary N) is 3. The van der Waals surface area contributed by atoms with Gasteiger partial charge in [0.25, 0.3) is 0 Å². The zero-order chi connectivity index (χ0) is 32.0. The summed E-state index contributed by atoms with van der Waals surface area (Å²) in [6.45, 7) is 5.28. The number of amides is 6. The van der Waals surface area contributed by atoms with Crippen LogP contribution in [0.2, 0.25) is 0 Å². The van der Waals surface area contributed by atoms with Gasteiger partial charge < -0.3 is 37.1 Å². The van der Waals surface area contributed by atoms with E-state index in [9.17, 15) is 28.8 Å². The number of hydrogen-bond acceptors (Lipinski definition) is 7. The van der Waals surface area contributed by atoms with Crippen LogP contribution in [0.15, 0.2) is 0 Å². The molecule has 0 aromatic rings. The van der Waals surface area contributed by atoms with Crippen molar-refractivity contribution in [1.29, 1.82) is 0 Å². The zero-order valence-corrected chi connectivity index (χ0v) is 26.1. The molecule has 2 atom stereocenters. The highest BCUT2D eigenvalue weighted by Gasteiger charge is 2.35. The second-order valence-electron chi connectivity index (χ2n) is 12.8. The summed E-state index contributed by atoms with van der Waals surface area (Å²) in [6.07, 6.45) is 7.53. The Bertz CT molecular complexity index is 921. The summed E-state index contributed by atoms with van der Waals surface area (Å²) in [6, 6.07) is 0. The van der Waals surface area contributed by atoms with Crippen LogP contribution >= 0.6 is 0 Å². The van der Waals surface area contributed by atoms with Crippen molar-refractivity contribution in [1.82, 2.24) is 20.9 Å². The highest BCUT2D eigenvalue weighted by Crippen LogP contribution is 2.39. The number of nitrogens with two attached hydrogens (primary N) is 2.